The van der Waals surface area contributed by atoms with E-state index in [4.69, 9.17) is 31.7 Å². The molecule has 0 fully saturated rings. The molecule has 3 unspecified atom stereocenters. The molecule has 3 atom stereocenters. The normalized spacial score (nSPS) is 13.2. The second kappa shape index (κ2) is 19.6. The first kappa shape index (κ1) is 38.3. The van der Waals surface area contributed by atoms with E-state index in [-0.39, 0.29) is 6.61 Å². The molecule has 8 nitrogen and oxygen atoms in total. The lowest BCUT2D eigenvalue weighted by Gasteiger charge is -2.21. The van der Waals surface area contributed by atoms with Crippen molar-refractivity contribution in [3.8, 4) is 50.6 Å². The first-order valence-electron chi connectivity index (χ1n) is 17.5. The Morgan fingerprint density at radius 2 is 0.943 bits per heavy atom. The van der Waals surface area contributed by atoms with Gasteiger partial charge in [0, 0.05) is 0 Å². The third-order valence-electron chi connectivity index (χ3n) is 7.67. The summed E-state index contributed by atoms with van der Waals surface area (Å²) in [5.74, 6) is 1.79. The summed E-state index contributed by atoms with van der Waals surface area (Å²) in [5, 5.41) is 0. The van der Waals surface area contributed by atoms with Crippen LogP contribution in [0, 0.1) is 0 Å². The zero-order valence-corrected chi connectivity index (χ0v) is 32.6. The highest BCUT2D eigenvalue weighted by atomic mass is 31.3. The van der Waals surface area contributed by atoms with Crippen molar-refractivity contribution in [2.45, 2.75) is 20.8 Å². The molecule has 0 aliphatic rings. The minimum atomic E-state index is -3.43. The standard InChI is InChI=1S/C42H43N2O6P3/c1-4-45-51(48-40-28-22-37(23-29-40)34-16-10-7-11-17-34)43-53(47-6-3,50-42-32-26-39(27-33-42)36-20-14-9-15-21-36)44-52(46-5-2)49-41-30-24-38(25-31-41)35-18-12-8-13-19-35/h7-33,43H,4-6H2,1-3H3/q+2. The van der Waals surface area contributed by atoms with Crippen LogP contribution in [0.2, 0.25) is 0 Å². The fourth-order valence-corrected chi connectivity index (χ4v) is 10.8. The molecule has 0 aliphatic carbocycles. The molecule has 0 saturated heterocycles. The number of hydrogen-bond acceptors (Lipinski definition) is 8. The van der Waals surface area contributed by atoms with Gasteiger partial charge in [-0.05, 0) is 95.4 Å². The molecule has 0 saturated carbocycles. The lowest BCUT2D eigenvalue weighted by molar-refractivity contribution is 0.297. The maximum absolute atomic E-state index is 6.74. The van der Waals surface area contributed by atoms with Crippen molar-refractivity contribution in [3.05, 3.63) is 164 Å². The molecule has 0 aromatic heterocycles. The van der Waals surface area contributed by atoms with Crippen LogP contribution in [0.3, 0.4) is 0 Å². The molecule has 0 heterocycles. The van der Waals surface area contributed by atoms with Gasteiger partial charge in [-0.2, -0.15) is 4.52 Å². The molecule has 0 aliphatic heterocycles. The molecule has 0 spiro atoms. The minimum Gasteiger partial charge on any atom is -0.434 e. The molecular weight excluding hydrogens is 721 g/mol. The Hall–Kier alpha value is -4.48. The molecular formula is C42H43N2O6P3+2. The first-order chi connectivity index (χ1) is 26.1. The van der Waals surface area contributed by atoms with E-state index in [1.807, 2.05) is 148 Å². The molecule has 11 heteroatoms. The van der Waals surface area contributed by atoms with Crippen molar-refractivity contribution >= 4 is 24.7 Å². The summed E-state index contributed by atoms with van der Waals surface area (Å²) in [6.07, 6.45) is 0. The van der Waals surface area contributed by atoms with Gasteiger partial charge < -0.3 is 9.05 Å². The van der Waals surface area contributed by atoms with Gasteiger partial charge in [-0.15, -0.1) is 4.52 Å². The average Bonchev–Trinajstić information content (AvgIpc) is 3.20. The highest BCUT2D eigenvalue weighted by molar-refractivity contribution is 7.75. The van der Waals surface area contributed by atoms with Crippen molar-refractivity contribution in [1.82, 2.24) is 4.86 Å². The summed E-state index contributed by atoms with van der Waals surface area (Å²) < 4.78 is 43.4. The molecule has 1 N–H and O–H groups in total. The van der Waals surface area contributed by atoms with Gasteiger partial charge >= 0.3 is 24.7 Å². The lowest BCUT2D eigenvalue weighted by Crippen LogP contribution is -2.20. The Morgan fingerprint density at radius 3 is 1.38 bits per heavy atom. The summed E-state index contributed by atoms with van der Waals surface area (Å²) in [6, 6.07) is 54.2. The number of hydrogen-bond donors (Lipinski definition) is 1. The largest absolute Gasteiger partial charge is 0.660 e. The van der Waals surface area contributed by atoms with Crippen LogP contribution in [0.25, 0.3) is 33.4 Å². The number of nitrogens with zero attached hydrogens (tertiary/aromatic N) is 1. The van der Waals surface area contributed by atoms with E-state index in [1.54, 1.807) is 0 Å². The van der Waals surface area contributed by atoms with Gasteiger partial charge in [0.25, 0.3) is 0 Å². The molecule has 0 bridgehead atoms. The van der Waals surface area contributed by atoms with Crippen molar-refractivity contribution in [1.29, 1.82) is 0 Å². The summed E-state index contributed by atoms with van der Waals surface area (Å²) >= 11 is 0. The van der Waals surface area contributed by atoms with Crippen LogP contribution in [0.15, 0.2) is 168 Å². The van der Waals surface area contributed by atoms with Crippen LogP contribution in [-0.2, 0) is 13.6 Å². The Kier molecular flexibility index (Phi) is 14.1. The van der Waals surface area contributed by atoms with Crippen molar-refractivity contribution < 1.29 is 27.1 Å². The molecule has 0 amide bonds. The van der Waals surface area contributed by atoms with Crippen LogP contribution in [0.4, 0.5) is 0 Å². The fourth-order valence-electron chi connectivity index (χ4n) is 5.23. The quantitative estimate of drug-likeness (QED) is 0.0873. The second-order valence-corrected chi connectivity index (χ2v) is 16.3. The Balaban J connectivity index is 1.32. The first-order valence-corrected chi connectivity index (χ1v) is 21.4. The summed E-state index contributed by atoms with van der Waals surface area (Å²) in [6.45, 7) is 6.73. The zero-order chi connectivity index (χ0) is 36.7. The SMILES string of the molecule is CCOP(N[P+](N=[P+](OCC)Oc1ccc(-c2ccccc2)cc1)(OCC)Oc1ccc(-c2ccccc2)cc1)Oc1ccc(-c2ccccc2)cc1. The Labute approximate surface area is 315 Å². The number of benzene rings is 6. The van der Waals surface area contributed by atoms with Gasteiger partial charge in [0.05, 0.1) is 13.2 Å². The second-order valence-electron chi connectivity index (χ2n) is 11.4. The average molecular weight is 765 g/mol. The molecule has 270 valence electrons. The molecule has 53 heavy (non-hydrogen) atoms. The van der Waals surface area contributed by atoms with Crippen LogP contribution >= 0.6 is 24.7 Å². The van der Waals surface area contributed by atoms with Crippen LogP contribution in [0.1, 0.15) is 20.8 Å². The highest BCUT2D eigenvalue weighted by Crippen LogP contribution is 2.67. The van der Waals surface area contributed by atoms with Gasteiger partial charge in [0.2, 0.25) is 4.52 Å². The van der Waals surface area contributed by atoms with E-state index in [2.05, 4.69) is 41.3 Å². The Morgan fingerprint density at radius 1 is 0.509 bits per heavy atom. The summed E-state index contributed by atoms with van der Waals surface area (Å²) in [5.41, 5.74) is 6.55. The van der Waals surface area contributed by atoms with E-state index in [0.717, 1.165) is 33.4 Å². The van der Waals surface area contributed by atoms with Gasteiger partial charge in [-0.25, -0.2) is 4.52 Å². The van der Waals surface area contributed by atoms with Gasteiger partial charge in [-0.1, -0.05) is 127 Å². The fraction of sp³-hybridized carbons (Fsp3) is 0.143. The van der Waals surface area contributed by atoms with Crippen LogP contribution in [0.5, 0.6) is 17.2 Å². The Bertz CT molecular complexity index is 2010. The number of nitrogens with one attached hydrogen (secondary N) is 1. The predicted octanol–water partition coefficient (Wildman–Crippen LogP) is 13.3. The van der Waals surface area contributed by atoms with Crippen molar-refractivity contribution in [2.75, 3.05) is 19.8 Å². The predicted molar refractivity (Wildman–Crippen MR) is 219 cm³/mol. The van der Waals surface area contributed by atoms with E-state index < -0.39 is 24.7 Å². The van der Waals surface area contributed by atoms with Crippen molar-refractivity contribution in [2.24, 2.45) is 4.52 Å². The van der Waals surface area contributed by atoms with E-state index >= 15 is 0 Å². The topological polar surface area (TPSA) is 79.8 Å². The third-order valence-corrected chi connectivity index (χ3v) is 13.6. The van der Waals surface area contributed by atoms with E-state index in [0.29, 0.717) is 30.5 Å². The van der Waals surface area contributed by atoms with Gasteiger partial charge in [-0.3, -0.25) is 4.52 Å². The molecule has 6 rings (SSSR count). The highest BCUT2D eigenvalue weighted by Gasteiger charge is 2.57. The smallest absolute Gasteiger partial charge is 0.434 e. The number of rotatable bonds is 18. The maximum Gasteiger partial charge on any atom is 0.660 e. The maximum atomic E-state index is 6.74. The third kappa shape index (κ3) is 11.0. The van der Waals surface area contributed by atoms with Gasteiger partial charge in [0.15, 0.2) is 11.5 Å². The lowest BCUT2D eigenvalue weighted by atomic mass is 10.1. The monoisotopic (exact) mass is 764 g/mol. The van der Waals surface area contributed by atoms with Crippen molar-refractivity contribution in [3.63, 3.8) is 0 Å². The van der Waals surface area contributed by atoms with Crippen LogP contribution in [-0.4, -0.2) is 19.8 Å². The molecule has 6 aromatic rings. The van der Waals surface area contributed by atoms with Gasteiger partial charge in [0.1, 0.15) is 12.4 Å². The van der Waals surface area contributed by atoms with Crippen LogP contribution < -0.4 is 18.4 Å². The molecule has 0 radical (unpaired) electrons. The summed E-state index contributed by atoms with van der Waals surface area (Å²) in [7, 11) is -7.15. The zero-order valence-electron chi connectivity index (χ0n) is 29.9. The van der Waals surface area contributed by atoms with E-state index in [9.17, 15) is 0 Å². The summed E-state index contributed by atoms with van der Waals surface area (Å²) in [4.78, 5) is 3.44. The molecule has 6 aromatic carbocycles. The minimum absolute atomic E-state index is 0.286. The van der Waals surface area contributed by atoms with E-state index in [1.165, 1.54) is 0 Å².